The quantitative estimate of drug-likeness (QED) is 0.655. The van der Waals surface area contributed by atoms with Crippen LogP contribution in [0.15, 0.2) is 46.6 Å². The van der Waals surface area contributed by atoms with Gasteiger partial charge in [0.25, 0.3) is 0 Å². The van der Waals surface area contributed by atoms with E-state index in [9.17, 15) is 9.90 Å². The van der Waals surface area contributed by atoms with Gasteiger partial charge in [0.1, 0.15) is 18.5 Å². The first-order chi connectivity index (χ1) is 13.7. The molecule has 1 atom stereocenters. The van der Waals surface area contributed by atoms with Crippen molar-refractivity contribution in [3.63, 3.8) is 0 Å². The van der Waals surface area contributed by atoms with E-state index in [0.717, 1.165) is 22.9 Å². The van der Waals surface area contributed by atoms with Gasteiger partial charge in [0.05, 0.1) is 4.70 Å². The Kier molecular flexibility index (Phi) is 5.18. The van der Waals surface area contributed by atoms with Crippen molar-refractivity contribution in [1.82, 2.24) is 4.90 Å². The third-order valence-electron chi connectivity index (χ3n) is 6.26. The lowest BCUT2D eigenvalue weighted by Gasteiger charge is -2.41. The number of ether oxygens (including phenoxy) is 1. The molecule has 1 unspecified atom stereocenters. The molecule has 1 N–H and O–H groups in total. The second-order valence-corrected chi connectivity index (χ2v) is 10.2. The smallest absolute Gasteiger partial charge is 0.195 e. The number of thiophene rings is 1. The highest BCUT2D eigenvalue weighted by Crippen LogP contribution is 2.40. The van der Waals surface area contributed by atoms with Crippen LogP contribution in [0.25, 0.3) is 20.9 Å². The van der Waals surface area contributed by atoms with Crippen molar-refractivity contribution < 1.29 is 9.84 Å². The number of hydrogen-bond donors (Lipinski definition) is 1. The molecule has 2 heterocycles. The molecule has 0 spiro atoms. The molecule has 0 saturated carbocycles. The van der Waals surface area contributed by atoms with E-state index in [1.165, 1.54) is 11.3 Å². The lowest BCUT2D eigenvalue weighted by atomic mass is 10.0. The largest absolute Gasteiger partial charge is 0.489 e. The van der Waals surface area contributed by atoms with Gasteiger partial charge in [-0.25, -0.2) is 0 Å². The molecular weight excluding hydrogens is 382 g/mol. The first-order valence-corrected chi connectivity index (χ1v) is 11.1. The number of β-amino-alcohol motifs (C(OH)–C–C–N with tert-alkyl or cyclic N) is 1. The van der Waals surface area contributed by atoms with Gasteiger partial charge in [0, 0.05) is 28.4 Å². The number of aliphatic hydroxyl groups is 1. The Morgan fingerprint density at radius 1 is 1.10 bits per heavy atom. The second kappa shape index (κ2) is 7.38. The van der Waals surface area contributed by atoms with Crippen LogP contribution < -0.4 is 10.2 Å². The average molecular weight is 412 g/mol. The molecule has 1 aliphatic rings. The van der Waals surface area contributed by atoms with Crippen LogP contribution in [-0.4, -0.2) is 40.3 Å². The van der Waals surface area contributed by atoms with Crippen LogP contribution in [-0.2, 0) is 0 Å². The van der Waals surface area contributed by atoms with Crippen LogP contribution >= 0.6 is 11.3 Å². The van der Waals surface area contributed by atoms with Crippen LogP contribution in [0.1, 0.15) is 40.5 Å². The second-order valence-electron chi connectivity index (χ2n) is 9.29. The first kappa shape index (κ1) is 20.3. The Bertz CT molecular complexity index is 1090. The zero-order valence-corrected chi connectivity index (χ0v) is 18.4. The topological polar surface area (TPSA) is 49.8 Å². The van der Waals surface area contributed by atoms with Gasteiger partial charge in [-0.1, -0.05) is 24.3 Å². The molecule has 0 bridgehead atoms. The van der Waals surface area contributed by atoms with E-state index in [0.29, 0.717) is 23.1 Å². The minimum absolute atomic E-state index is 0.0211. The fraction of sp³-hybridized carbons (Fsp3) is 0.458. The number of nitrogens with zero attached hydrogens (tertiary/aromatic N) is 1. The molecule has 2 aromatic carbocycles. The summed E-state index contributed by atoms with van der Waals surface area (Å²) < 4.78 is 6.94. The number of benzene rings is 1. The van der Waals surface area contributed by atoms with Crippen molar-refractivity contribution in [3.05, 3.63) is 52.0 Å². The summed E-state index contributed by atoms with van der Waals surface area (Å²) in [6.07, 6.45) is 1.64. The van der Waals surface area contributed by atoms with Crippen LogP contribution in [0.3, 0.4) is 0 Å². The Morgan fingerprint density at radius 3 is 2.52 bits per heavy atom. The van der Waals surface area contributed by atoms with Gasteiger partial charge in [-0.3, -0.25) is 9.69 Å². The molecule has 0 radical (unpaired) electrons. The minimum atomic E-state index is -0.606. The predicted octanol–water partition coefficient (Wildman–Crippen LogP) is 4.81. The Morgan fingerprint density at radius 2 is 1.79 bits per heavy atom. The highest BCUT2D eigenvalue weighted by atomic mass is 32.1. The molecular formula is C24H29NO3S. The molecule has 1 saturated heterocycles. The number of rotatable bonds is 5. The molecule has 29 heavy (non-hydrogen) atoms. The number of likely N-dealkylation sites (tertiary alicyclic amines) is 1. The van der Waals surface area contributed by atoms with Gasteiger partial charge in [-0.05, 0) is 63.4 Å². The maximum absolute atomic E-state index is 12.9. The summed E-state index contributed by atoms with van der Waals surface area (Å²) in [5, 5.41) is 14.9. The normalized spacial score (nSPS) is 19.6. The van der Waals surface area contributed by atoms with Crippen molar-refractivity contribution in [3.8, 4) is 5.75 Å². The highest BCUT2D eigenvalue weighted by Gasteiger charge is 2.44. The van der Waals surface area contributed by atoms with Crippen molar-refractivity contribution in [1.29, 1.82) is 0 Å². The van der Waals surface area contributed by atoms with E-state index in [1.807, 2.05) is 41.8 Å². The summed E-state index contributed by atoms with van der Waals surface area (Å²) in [6.45, 7) is 9.72. The molecule has 1 aromatic heterocycles. The van der Waals surface area contributed by atoms with Gasteiger partial charge >= 0.3 is 0 Å². The van der Waals surface area contributed by atoms with E-state index in [1.54, 1.807) is 0 Å². The molecule has 4 nitrogen and oxygen atoms in total. The number of aliphatic hydroxyl groups excluding tert-OH is 1. The summed E-state index contributed by atoms with van der Waals surface area (Å²) in [7, 11) is 0. The van der Waals surface area contributed by atoms with Crippen LogP contribution in [0.5, 0.6) is 5.75 Å². The third kappa shape index (κ3) is 3.79. The van der Waals surface area contributed by atoms with E-state index in [4.69, 9.17) is 4.74 Å². The molecule has 0 aliphatic carbocycles. The molecule has 3 aromatic rings. The molecule has 1 fully saturated rings. The SMILES string of the molecule is CC1(C)CCC(C)(C)N1CC(O)COc1cc2ccccc2c(=O)c2ccsc12. The summed E-state index contributed by atoms with van der Waals surface area (Å²) in [5.74, 6) is 0.660. The molecule has 1 aliphatic heterocycles. The Labute approximate surface area is 175 Å². The zero-order chi connectivity index (χ0) is 20.8. The fourth-order valence-corrected chi connectivity index (χ4v) is 5.47. The van der Waals surface area contributed by atoms with Crippen molar-refractivity contribution in [2.75, 3.05) is 13.2 Å². The highest BCUT2D eigenvalue weighted by molar-refractivity contribution is 7.17. The number of hydrogen-bond acceptors (Lipinski definition) is 5. The monoisotopic (exact) mass is 411 g/mol. The average Bonchev–Trinajstić information content (AvgIpc) is 3.21. The Hall–Kier alpha value is -1.95. The Balaban J connectivity index is 1.60. The van der Waals surface area contributed by atoms with E-state index >= 15 is 0 Å². The van der Waals surface area contributed by atoms with Crippen molar-refractivity contribution in [2.24, 2.45) is 0 Å². The predicted molar refractivity (Wildman–Crippen MR) is 121 cm³/mol. The van der Waals surface area contributed by atoms with E-state index < -0.39 is 6.10 Å². The van der Waals surface area contributed by atoms with Gasteiger partial charge < -0.3 is 9.84 Å². The zero-order valence-electron chi connectivity index (χ0n) is 17.6. The summed E-state index contributed by atoms with van der Waals surface area (Å²) in [4.78, 5) is 15.3. The standard InChI is InChI=1S/C24H29NO3S/c1-23(2)10-11-24(3,4)25(23)14-17(26)15-28-20-13-16-7-5-6-8-18(16)21(27)19-9-12-29-22(19)20/h5-9,12-13,17,26H,10-11,14-15H2,1-4H3. The van der Waals surface area contributed by atoms with Crippen LogP contribution in [0.2, 0.25) is 0 Å². The van der Waals surface area contributed by atoms with Gasteiger partial charge in [-0.2, -0.15) is 0 Å². The van der Waals surface area contributed by atoms with Crippen molar-refractivity contribution >= 4 is 32.2 Å². The lowest BCUT2D eigenvalue weighted by molar-refractivity contribution is 0.00557. The number of fused-ring (bicyclic) bond motifs is 2. The summed E-state index contributed by atoms with van der Waals surface area (Å²) >= 11 is 1.50. The van der Waals surface area contributed by atoms with Crippen LogP contribution in [0, 0.1) is 0 Å². The van der Waals surface area contributed by atoms with E-state index in [2.05, 4.69) is 32.6 Å². The minimum Gasteiger partial charge on any atom is -0.489 e. The maximum Gasteiger partial charge on any atom is 0.195 e. The summed E-state index contributed by atoms with van der Waals surface area (Å²) in [5.41, 5.74) is 0.157. The van der Waals surface area contributed by atoms with E-state index in [-0.39, 0.29) is 23.1 Å². The van der Waals surface area contributed by atoms with Gasteiger partial charge in [0.15, 0.2) is 5.43 Å². The molecule has 0 amide bonds. The maximum atomic E-state index is 12.9. The molecule has 4 rings (SSSR count). The van der Waals surface area contributed by atoms with Gasteiger partial charge in [-0.15, -0.1) is 11.3 Å². The van der Waals surface area contributed by atoms with Crippen LogP contribution in [0.4, 0.5) is 0 Å². The fourth-order valence-electron chi connectivity index (χ4n) is 4.61. The first-order valence-electron chi connectivity index (χ1n) is 10.2. The van der Waals surface area contributed by atoms with Crippen molar-refractivity contribution in [2.45, 2.75) is 57.7 Å². The lowest BCUT2D eigenvalue weighted by Crippen LogP contribution is -2.52. The third-order valence-corrected chi connectivity index (χ3v) is 7.19. The molecule has 154 valence electrons. The van der Waals surface area contributed by atoms with Gasteiger partial charge in [0.2, 0.25) is 0 Å². The summed E-state index contributed by atoms with van der Waals surface area (Å²) in [6, 6.07) is 11.4. The molecule has 5 heteroatoms.